The minimum atomic E-state index is -1.07. The van der Waals surface area contributed by atoms with Gasteiger partial charge in [0.1, 0.15) is 0 Å². The second-order valence-corrected chi connectivity index (χ2v) is 4.99. The van der Waals surface area contributed by atoms with Gasteiger partial charge in [-0.1, -0.05) is 0 Å². The average molecular weight is 351 g/mol. The molecule has 1 atom stereocenters. The number of hydrogen-bond acceptors (Lipinski definition) is 6. The summed E-state index contributed by atoms with van der Waals surface area (Å²) in [7, 11) is 0. The molecule has 1 aromatic heterocycles. The number of carbonyl (C=O) groups excluding carboxylic acids is 2. The van der Waals surface area contributed by atoms with Gasteiger partial charge in [-0.3, -0.25) is 19.7 Å². The molecule has 132 valence electrons. The average Bonchev–Trinajstić information content (AvgIpc) is 3.10. The quantitative estimate of drug-likeness (QED) is 0.410. The summed E-state index contributed by atoms with van der Waals surface area (Å²) in [6, 6.07) is 4.28. The van der Waals surface area contributed by atoms with Crippen molar-refractivity contribution in [2.75, 3.05) is 11.9 Å². The molecule has 2 rings (SSSR count). The first-order valence-corrected chi connectivity index (χ1v) is 7.11. The summed E-state index contributed by atoms with van der Waals surface area (Å²) in [6.45, 7) is 0.0160. The largest absolute Gasteiger partial charge is 0.472 e. The van der Waals surface area contributed by atoms with Gasteiger partial charge in [0.05, 0.1) is 23.6 Å². The number of nitrogens with one attached hydrogen (secondary N) is 2. The van der Waals surface area contributed by atoms with Crippen molar-refractivity contribution in [2.24, 2.45) is 0 Å². The SMILES string of the molecule is O=C(NCCC(O)c1ccoc1)C(=O)Nc1ccc(F)c([N+](=O)[O-])c1. The number of benzene rings is 1. The fourth-order valence-electron chi connectivity index (χ4n) is 1.95. The molecule has 0 saturated carbocycles. The van der Waals surface area contributed by atoms with Crippen LogP contribution in [0.4, 0.5) is 15.8 Å². The normalized spacial score (nSPS) is 11.6. The first-order valence-electron chi connectivity index (χ1n) is 7.11. The van der Waals surface area contributed by atoms with Crippen molar-refractivity contribution in [3.63, 3.8) is 0 Å². The van der Waals surface area contributed by atoms with Crippen LogP contribution in [0.15, 0.2) is 41.2 Å². The number of nitro benzene ring substituents is 1. The van der Waals surface area contributed by atoms with Crippen LogP contribution in [0, 0.1) is 15.9 Å². The highest BCUT2D eigenvalue weighted by Crippen LogP contribution is 2.21. The fraction of sp³-hybridized carbons (Fsp3) is 0.200. The Bertz CT molecular complexity index is 778. The molecule has 9 nitrogen and oxygen atoms in total. The monoisotopic (exact) mass is 351 g/mol. The topological polar surface area (TPSA) is 135 Å². The summed E-state index contributed by atoms with van der Waals surface area (Å²) in [4.78, 5) is 33.1. The Balaban J connectivity index is 1.85. The minimum absolute atomic E-state index is 0.0160. The predicted molar refractivity (Wildman–Crippen MR) is 83.0 cm³/mol. The Hall–Kier alpha value is -3.27. The van der Waals surface area contributed by atoms with E-state index in [0.29, 0.717) is 5.56 Å². The van der Waals surface area contributed by atoms with E-state index in [4.69, 9.17) is 4.42 Å². The van der Waals surface area contributed by atoms with Gasteiger partial charge in [0.25, 0.3) is 0 Å². The Morgan fingerprint density at radius 2 is 2.08 bits per heavy atom. The van der Waals surface area contributed by atoms with Crippen molar-refractivity contribution in [1.82, 2.24) is 5.32 Å². The molecule has 0 bridgehead atoms. The van der Waals surface area contributed by atoms with Crippen LogP contribution < -0.4 is 10.6 Å². The lowest BCUT2D eigenvalue weighted by molar-refractivity contribution is -0.387. The number of aliphatic hydroxyl groups excluding tert-OH is 1. The zero-order valence-electron chi connectivity index (χ0n) is 12.8. The molecule has 0 aliphatic heterocycles. The summed E-state index contributed by atoms with van der Waals surface area (Å²) in [6.07, 6.45) is 2.05. The van der Waals surface area contributed by atoms with Crippen molar-refractivity contribution in [1.29, 1.82) is 0 Å². The second kappa shape index (κ2) is 8.02. The lowest BCUT2D eigenvalue weighted by Gasteiger charge is -2.09. The van der Waals surface area contributed by atoms with Gasteiger partial charge in [0.15, 0.2) is 0 Å². The third kappa shape index (κ3) is 4.85. The van der Waals surface area contributed by atoms with Gasteiger partial charge in [-0.05, 0) is 24.6 Å². The van der Waals surface area contributed by atoms with E-state index in [1.807, 2.05) is 0 Å². The molecule has 2 aromatic rings. The molecule has 0 fully saturated rings. The van der Waals surface area contributed by atoms with Gasteiger partial charge < -0.3 is 20.2 Å². The number of nitrogens with zero attached hydrogens (tertiary/aromatic N) is 1. The summed E-state index contributed by atoms with van der Waals surface area (Å²) in [5.74, 6) is -3.12. The van der Waals surface area contributed by atoms with Gasteiger partial charge in [-0.2, -0.15) is 4.39 Å². The van der Waals surface area contributed by atoms with Gasteiger partial charge in [0, 0.05) is 23.9 Å². The molecular weight excluding hydrogens is 337 g/mol. The molecule has 2 amide bonds. The van der Waals surface area contributed by atoms with Crippen LogP contribution in [0.3, 0.4) is 0 Å². The molecule has 0 radical (unpaired) electrons. The molecule has 1 unspecified atom stereocenters. The minimum Gasteiger partial charge on any atom is -0.472 e. The van der Waals surface area contributed by atoms with E-state index < -0.39 is 34.3 Å². The van der Waals surface area contributed by atoms with E-state index in [-0.39, 0.29) is 18.7 Å². The number of anilines is 1. The van der Waals surface area contributed by atoms with E-state index in [1.54, 1.807) is 6.07 Å². The van der Waals surface area contributed by atoms with E-state index in [1.165, 1.54) is 12.5 Å². The molecule has 1 aromatic carbocycles. The lowest BCUT2D eigenvalue weighted by atomic mass is 10.1. The van der Waals surface area contributed by atoms with E-state index in [2.05, 4.69) is 10.6 Å². The molecule has 0 spiro atoms. The Labute approximate surface area is 140 Å². The van der Waals surface area contributed by atoms with Gasteiger partial charge in [-0.25, -0.2) is 0 Å². The molecule has 3 N–H and O–H groups in total. The van der Waals surface area contributed by atoms with Crippen LogP contribution in [0.2, 0.25) is 0 Å². The number of rotatable bonds is 6. The highest BCUT2D eigenvalue weighted by atomic mass is 19.1. The third-order valence-corrected chi connectivity index (χ3v) is 3.24. The molecule has 0 saturated heterocycles. The Morgan fingerprint density at radius 3 is 2.72 bits per heavy atom. The number of carbonyl (C=O) groups is 2. The van der Waals surface area contributed by atoms with E-state index >= 15 is 0 Å². The Morgan fingerprint density at radius 1 is 1.32 bits per heavy atom. The summed E-state index contributed by atoms with van der Waals surface area (Å²) < 4.78 is 18.0. The summed E-state index contributed by atoms with van der Waals surface area (Å²) in [5, 5.41) is 24.9. The predicted octanol–water partition coefficient (Wildman–Crippen LogP) is 1.51. The number of amides is 2. The van der Waals surface area contributed by atoms with Crippen molar-refractivity contribution in [3.05, 3.63) is 58.3 Å². The molecule has 0 aliphatic rings. The number of hydrogen-bond donors (Lipinski definition) is 3. The van der Waals surface area contributed by atoms with Crippen LogP contribution in [0.1, 0.15) is 18.1 Å². The van der Waals surface area contributed by atoms with Gasteiger partial charge >= 0.3 is 17.5 Å². The van der Waals surface area contributed by atoms with Crippen molar-refractivity contribution < 1.29 is 28.4 Å². The smallest absolute Gasteiger partial charge is 0.313 e. The van der Waals surface area contributed by atoms with Crippen molar-refractivity contribution >= 4 is 23.2 Å². The zero-order valence-corrected chi connectivity index (χ0v) is 12.8. The second-order valence-electron chi connectivity index (χ2n) is 4.99. The molecule has 0 aliphatic carbocycles. The Kier molecular flexibility index (Phi) is 5.79. The molecule has 1 heterocycles. The van der Waals surface area contributed by atoms with Crippen LogP contribution >= 0.6 is 0 Å². The summed E-state index contributed by atoms with van der Waals surface area (Å²) >= 11 is 0. The number of nitro groups is 1. The number of halogens is 1. The maximum atomic E-state index is 13.2. The van der Waals surface area contributed by atoms with E-state index in [0.717, 1.165) is 18.2 Å². The van der Waals surface area contributed by atoms with Gasteiger partial charge in [-0.15, -0.1) is 0 Å². The third-order valence-electron chi connectivity index (χ3n) is 3.24. The van der Waals surface area contributed by atoms with Crippen molar-refractivity contribution in [2.45, 2.75) is 12.5 Å². The maximum absolute atomic E-state index is 13.2. The number of furan rings is 1. The lowest BCUT2D eigenvalue weighted by Crippen LogP contribution is -2.36. The molecule has 10 heteroatoms. The summed E-state index contributed by atoms with van der Waals surface area (Å²) in [5.41, 5.74) is -0.370. The fourth-order valence-corrected chi connectivity index (χ4v) is 1.95. The van der Waals surface area contributed by atoms with E-state index in [9.17, 15) is 29.2 Å². The van der Waals surface area contributed by atoms with Crippen LogP contribution in [0.5, 0.6) is 0 Å². The first-order chi connectivity index (χ1) is 11.9. The van der Waals surface area contributed by atoms with Crippen LogP contribution in [-0.4, -0.2) is 28.4 Å². The molecular formula is C15H14FN3O6. The highest BCUT2D eigenvalue weighted by molar-refractivity contribution is 6.39. The standard InChI is InChI=1S/C15H14FN3O6/c16-11-2-1-10(7-12(11)19(23)24)18-15(22)14(21)17-5-3-13(20)9-4-6-25-8-9/h1-2,4,6-8,13,20H,3,5H2,(H,17,21)(H,18,22). The molecule has 25 heavy (non-hydrogen) atoms. The zero-order chi connectivity index (χ0) is 18.4. The first kappa shape index (κ1) is 18.1. The van der Waals surface area contributed by atoms with Gasteiger partial charge in [0.2, 0.25) is 5.82 Å². The van der Waals surface area contributed by atoms with Crippen LogP contribution in [-0.2, 0) is 9.59 Å². The number of aliphatic hydroxyl groups is 1. The van der Waals surface area contributed by atoms with Crippen LogP contribution in [0.25, 0.3) is 0 Å². The highest BCUT2D eigenvalue weighted by Gasteiger charge is 2.18. The van der Waals surface area contributed by atoms with Crippen molar-refractivity contribution in [3.8, 4) is 0 Å². The maximum Gasteiger partial charge on any atom is 0.313 e.